The highest BCUT2D eigenvalue weighted by atomic mass is 32.2. The van der Waals surface area contributed by atoms with Crippen LogP contribution in [-0.4, -0.2) is 53.9 Å². The van der Waals surface area contributed by atoms with E-state index in [9.17, 15) is 8.42 Å². The zero-order valence-corrected chi connectivity index (χ0v) is 15.0. The van der Waals surface area contributed by atoms with Crippen LogP contribution in [0.5, 0.6) is 0 Å². The van der Waals surface area contributed by atoms with Crippen LogP contribution in [0.1, 0.15) is 34.1 Å². The van der Waals surface area contributed by atoms with E-state index in [0.29, 0.717) is 37.8 Å². The second-order valence-corrected chi connectivity index (χ2v) is 6.23. The third-order valence-corrected chi connectivity index (χ3v) is 4.00. The molecule has 1 atom stereocenters. The van der Waals surface area contributed by atoms with E-state index < -0.39 is 10.1 Å². The minimum Gasteiger partial charge on any atom is -0.495 e. The van der Waals surface area contributed by atoms with Crippen LogP contribution in [0.2, 0.25) is 0 Å². The standard InChI is InChI=1S/C14H29NO6S/c1-6-19-12(4)13(20-7-2)11-14(21-8-3)15-9-10-22(16,17)18-5/h14-15H,6-11H2,1-5H3/b13-12-. The van der Waals surface area contributed by atoms with E-state index in [1.807, 2.05) is 27.7 Å². The summed E-state index contributed by atoms with van der Waals surface area (Å²) in [6.45, 7) is 9.33. The summed E-state index contributed by atoms with van der Waals surface area (Å²) in [6, 6.07) is 0. The van der Waals surface area contributed by atoms with Gasteiger partial charge in [0.15, 0.2) is 0 Å². The van der Waals surface area contributed by atoms with Gasteiger partial charge in [0.2, 0.25) is 0 Å². The Morgan fingerprint density at radius 3 is 2.23 bits per heavy atom. The predicted molar refractivity (Wildman–Crippen MR) is 84.8 cm³/mol. The summed E-state index contributed by atoms with van der Waals surface area (Å²) in [7, 11) is -2.33. The van der Waals surface area contributed by atoms with Crippen LogP contribution in [0.15, 0.2) is 11.5 Å². The van der Waals surface area contributed by atoms with Crippen molar-refractivity contribution in [1.29, 1.82) is 0 Å². The molecule has 0 amide bonds. The van der Waals surface area contributed by atoms with Crippen molar-refractivity contribution in [2.75, 3.05) is 39.2 Å². The molecule has 0 saturated carbocycles. The molecular weight excluding hydrogens is 310 g/mol. The Hall–Kier alpha value is -0.830. The Kier molecular flexibility index (Phi) is 11.3. The van der Waals surface area contributed by atoms with Gasteiger partial charge in [0.25, 0.3) is 10.1 Å². The Bertz CT molecular complexity index is 421. The molecule has 0 aromatic carbocycles. The molecule has 1 N–H and O–H groups in total. The first-order valence-electron chi connectivity index (χ1n) is 7.48. The first kappa shape index (κ1) is 21.2. The summed E-state index contributed by atoms with van der Waals surface area (Å²) in [5, 5.41) is 3.05. The van der Waals surface area contributed by atoms with Gasteiger partial charge in [-0.05, 0) is 27.7 Å². The van der Waals surface area contributed by atoms with Crippen molar-refractivity contribution in [3.63, 3.8) is 0 Å². The zero-order chi connectivity index (χ0) is 17.0. The van der Waals surface area contributed by atoms with E-state index in [1.165, 1.54) is 0 Å². The molecule has 0 heterocycles. The van der Waals surface area contributed by atoms with Crippen LogP contribution in [-0.2, 0) is 28.5 Å². The molecular formula is C14H29NO6S. The molecule has 0 radical (unpaired) electrons. The van der Waals surface area contributed by atoms with Crippen LogP contribution in [0, 0.1) is 0 Å². The lowest BCUT2D eigenvalue weighted by Crippen LogP contribution is -2.36. The molecule has 0 aromatic heterocycles. The minimum absolute atomic E-state index is 0.120. The molecule has 132 valence electrons. The largest absolute Gasteiger partial charge is 0.495 e. The van der Waals surface area contributed by atoms with Gasteiger partial charge in [-0.15, -0.1) is 0 Å². The summed E-state index contributed by atoms with van der Waals surface area (Å²) < 4.78 is 43.6. The highest BCUT2D eigenvalue weighted by Gasteiger charge is 2.16. The quantitative estimate of drug-likeness (QED) is 0.310. The molecule has 22 heavy (non-hydrogen) atoms. The first-order chi connectivity index (χ1) is 10.4. The van der Waals surface area contributed by atoms with Gasteiger partial charge >= 0.3 is 0 Å². The second-order valence-electron chi connectivity index (χ2n) is 4.38. The third-order valence-electron chi connectivity index (χ3n) is 2.79. The molecule has 0 aliphatic heterocycles. The minimum atomic E-state index is -3.48. The molecule has 1 unspecified atom stereocenters. The molecule has 0 bridgehead atoms. The normalized spacial score (nSPS) is 14.4. The van der Waals surface area contributed by atoms with Crippen LogP contribution in [0.3, 0.4) is 0 Å². The van der Waals surface area contributed by atoms with Crippen molar-refractivity contribution in [2.45, 2.75) is 40.3 Å². The average molecular weight is 339 g/mol. The molecule has 0 aliphatic carbocycles. The maximum Gasteiger partial charge on any atom is 0.268 e. The molecule has 0 aromatic rings. The number of rotatable bonds is 13. The van der Waals surface area contributed by atoms with E-state index in [4.69, 9.17) is 14.2 Å². The smallest absolute Gasteiger partial charge is 0.268 e. The summed E-state index contributed by atoms with van der Waals surface area (Å²) in [5.74, 6) is 1.29. The fraction of sp³-hybridized carbons (Fsp3) is 0.857. The van der Waals surface area contributed by atoms with Crippen molar-refractivity contribution >= 4 is 10.1 Å². The Morgan fingerprint density at radius 2 is 1.73 bits per heavy atom. The summed E-state index contributed by atoms with van der Waals surface area (Å²) >= 11 is 0. The number of hydrogen-bond donors (Lipinski definition) is 1. The molecule has 0 rings (SSSR count). The Balaban J connectivity index is 4.68. The summed E-state index contributed by atoms with van der Waals surface area (Å²) in [4.78, 5) is 0. The molecule has 0 saturated heterocycles. The fourth-order valence-electron chi connectivity index (χ4n) is 1.76. The second kappa shape index (κ2) is 11.7. The SMILES string of the molecule is CCO/C(C)=C(/CC(NCCS(=O)(=O)OC)OCC)OCC. The van der Waals surface area contributed by atoms with Crippen LogP contribution < -0.4 is 5.32 Å². The number of nitrogens with one attached hydrogen (secondary N) is 1. The maximum absolute atomic E-state index is 11.3. The van der Waals surface area contributed by atoms with E-state index in [-0.39, 0.29) is 18.5 Å². The van der Waals surface area contributed by atoms with E-state index in [2.05, 4.69) is 9.50 Å². The zero-order valence-electron chi connectivity index (χ0n) is 14.2. The van der Waals surface area contributed by atoms with E-state index >= 15 is 0 Å². The monoisotopic (exact) mass is 339 g/mol. The molecule has 8 heteroatoms. The van der Waals surface area contributed by atoms with Gasteiger partial charge in [-0.25, -0.2) is 0 Å². The number of hydrogen-bond acceptors (Lipinski definition) is 7. The van der Waals surface area contributed by atoms with Gasteiger partial charge in [0.1, 0.15) is 17.7 Å². The topological polar surface area (TPSA) is 83.1 Å². The van der Waals surface area contributed by atoms with Crippen LogP contribution >= 0.6 is 0 Å². The Morgan fingerprint density at radius 1 is 1.09 bits per heavy atom. The van der Waals surface area contributed by atoms with Crippen molar-refractivity contribution in [1.82, 2.24) is 5.32 Å². The van der Waals surface area contributed by atoms with Gasteiger partial charge in [0.05, 0.1) is 26.1 Å². The van der Waals surface area contributed by atoms with Gasteiger partial charge < -0.3 is 14.2 Å². The molecule has 0 aliphatic rings. The Labute approximate surface area is 134 Å². The van der Waals surface area contributed by atoms with Crippen LogP contribution in [0.25, 0.3) is 0 Å². The third kappa shape index (κ3) is 9.24. The van der Waals surface area contributed by atoms with Crippen LogP contribution in [0.4, 0.5) is 0 Å². The lowest BCUT2D eigenvalue weighted by atomic mass is 10.2. The number of ether oxygens (including phenoxy) is 3. The van der Waals surface area contributed by atoms with Gasteiger partial charge in [-0.3, -0.25) is 9.50 Å². The molecule has 0 spiro atoms. The van der Waals surface area contributed by atoms with E-state index in [1.54, 1.807) is 0 Å². The lowest BCUT2D eigenvalue weighted by Gasteiger charge is -2.21. The van der Waals surface area contributed by atoms with Crippen molar-refractivity contribution < 1.29 is 26.8 Å². The van der Waals surface area contributed by atoms with Crippen molar-refractivity contribution in [2.24, 2.45) is 0 Å². The summed E-state index contributed by atoms with van der Waals surface area (Å²) in [5.41, 5.74) is 0. The summed E-state index contributed by atoms with van der Waals surface area (Å²) in [6.07, 6.45) is 0.106. The van der Waals surface area contributed by atoms with E-state index in [0.717, 1.165) is 7.11 Å². The highest BCUT2D eigenvalue weighted by molar-refractivity contribution is 7.86. The average Bonchev–Trinajstić information content (AvgIpc) is 2.47. The van der Waals surface area contributed by atoms with Gasteiger partial charge in [0, 0.05) is 19.6 Å². The van der Waals surface area contributed by atoms with Crippen molar-refractivity contribution in [3.05, 3.63) is 11.5 Å². The molecule has 0 fully saturated rings. The first-order valence-corrected chi connectivity index (χ1v) is 9.06. The van der Waals surface area contributed by atoms with Gasteiger partial charge in [-0.1, -0.05) is 0 Å². The predicted octanol–water partition coefficient (Wildman–Crippen LogP) is 1.61. The lowest BCUT2D eigenvalue weighted by molar-refractivity contribution is 0.0247. The van der Waals surface area contributed by atoms with Gasteiger partial charge in [-0.2, -0.15) is 8.42 Å². The fourth-order valence-corrected chi connectivity index (χ4v) is 2.30. The van der Waals surface area contributed by atoms with Crippen molar-refractivity contribution in [3.8, 4) is 0 Å². The molecule has 7 nitrogen and oxygen atoms in total. The maximum atomic E-state index is 11.3. The number of allylic oxidation sites excluding steroid dienone is 1. The highest BCUT2D eigenvalue weighted by Crippen LogP contribution is 2.15.